The summed E-state index contributed by atoms with van der Waals surface area (Å²) >= 11 is 0. The molecule has 1 aliphatic heterocycles. The number of likely N-dealkylation sites (N-methyl/N-ethyl adjacent to an activating group) is 1. The second kappa shape index (κ2) is 7.33. The Kier molecular flexibility index (Phi) is 5.46. The zero-order valence-corrected chi connectivity index (χ0v) is 12.7. The maximum absolute atomic E-state index is 12.3. The molecule has 1 aromatic rings. The number of amides is 1. The van der Waals surface area contributed by atoms with E-state index in [-0.39, 0.29) is 17.7 Å². The van der Waals surface area contributed by atoms with Gasteiger partial charge < -0.3 is 14.4 Å². The largest absolute Gasteiger partial charge is 0.376 e. The first-order valence-electron chi connectivity index (χ1n) is 7.24. The summed E-state index contributed by atoms with van der Waals surface area (Å²) in [6.07, 6.45) is 1.46. The van der Waals surface area contributed by atoms with Gasteiger partial charge in [0, 0.05) is 31.5 Å². The molecule has 22 heavy (non-hydrogen) atoms. The molecule has 0 aliphatic carbocycles. The second-order valence-electron chi connectivity index (χ2n) is 5.28. The average molecular weight is 308 g/mol. The zero-order valence-electron chi connectivity index (χ0n) is 12.7. The molecule has 0 unspecified atom stereocenters. The minimum Gasteiger partial charge on any atom is -0.376 e. The fraction of sp³-hybridized carbons (Fsp3) is 0.533. The first-order chi connectivity index (χ1) is 10.5. The zero-order chi connectivity index (χ0) is 16.1. The summed E-state index contributed by atoms with van der Waals surface area (Å²) < 4.78 is 11.0. The van der Waals surface area contributed by atoms with Crippen molar-refractivity contribution in [3.8, 4) is 0 Å². The summed E-state index contributed by atoms with van der Waals surface area (Å²) in [5, 5.41) is 10.6. The van der Waals surface area contributed by atoms with Crippen molar-refractivity contribution in [2.24, 2.45) is 0 Å². The van der Waals surface area contributed by atoms with E-state index in [1.807, 2.05) is 0 Å². The van der Waals surface area contributed by atoms with Crippen LogP contribution in [-0.4, -0.2) is 43.3 Å². The number of benzene rings is 1. The van der Waals surface area contributed by atoms with E-state index in [4.69, 9.17) is 9.47 Å². The number of rotatable bonds is 6. The first-order valence-corrected chi connectivity index (χ1v) is 7.24. The Morgan fingerprint density at radius 1 is 1.50 bits per heavy atom. The van der Waals surface area contributed by atoms with E-state index in [0.717, 1.165) is 19.4 Å². The second-order valence-corrected chi connectivity index (χ2v) is 5.28. The molecular weight excluding hydrogens is 288 g/mol. The van der Waals surface area contributed by atoms with E-state index in [1.54, 1.807) is 26.1 Å². The number of ether oxygens (including phenoxy) is 2. The van der Waals surface area contributed by atoms with Crippen molar-refractivity contribution >= 4 is 17.3 Å². The summed E-state index contributed by atoms with van der Waals surface area (Å²) in [5.41, 5.74) is 0.579. The fourth-order valence-corrected chi connectivity index (χ4v) is 2.30. The van der Waals surface area contributed by atoms with E-state index in [2.05, 4.69) is 0 Å². The van der Waals surface area contributed by atoms with Gasteiger partial charge in [-0.05, 0) is 31.9 Å². The number of carbonyl (C=O) groups excluding carboxylic acids is 1. The van der Waals surface area contributed by atoms with Crippen molar-refractivity contribution < 1.29 is 19.2 Å². The molecule has 7 nitrogen and oxygen atoms in total. The van der Waals surface area contributed by atoms with Gasteiger partial charge in [0.2, 0.25) is 0 Å². The predicted molar refractivity (Wildman–Crippen MR) is 80.9 cm³/mol. The van der Waals surface area contributed by atoms with Crippen molar-refractivity contribution in [2.45, 2.75) is 32.0 Å². The van der Waals surface area contributed by atoms with Gasteiger partial charge in [0.05, 0.1) is 17.6 Å². The number of carbonyl (C=O) groups is 1. The lowest BCUT2D eigenvalue weighted by Gasteiger charge is -2.22. The Morgan fingerprint density at radius 2 is 2.18 bits per heavy atom. The van der Waals surface area contributed by atoms with Gasteiger partial charge in [-0.2, -0.15) is 0 Å². The van der Waals surface area contributed by atoms with Gasteiger partial charge >= 0.3 is 0 Å². The van der Waals surface area contributed by atoms with Gasteiger partial charge in [0.25, 0.3) is 11.6 Å². The van der Waals surface area contributed by atoms with E-state index >= 15 is 0 Å². The Hall–Kier alpha value is -1.99. The summed E-state index contributed by atoms with van der Waals surface area (Å²) in [6, 6.07) is 5.83. The van der Waals surface area contributed by atoms with Crippen LogP contribution in [0.1, 0.15) is 19.8 Å². The average Bonchev–Trinajstić information content (AvgIpc) is 3.04. The third kappa shape index (κ3) is 4.02. The van der Waals surface area contributed by atoms with Crippen LogP contribution in [0.5, 0.6) is 0 Å². The number of nitrogens with zero attached hydrogens (tertiary/aromatic N) is 2. The molecule has 0 saturated carbocycles. The Bertz CT molecular complexity index is 525. The first kappa shape index (κ1) is 16.4. The molecule has 1 amide bonds. The van der Waals surface area contributed by atoms with E-state index < -0.39 is 11.0 Å². The van der Waals surface area contributed by atoms with Gasteiger partial charge in [0.1, 0.15) is 6.10 Å². The van der Waals surface area contributed by atoms with Crippen LogP contribution in [0.4, 0.5) is 11.4 Å². The summed E-state index contributed by atoms with van der Waals surface area (Å²) in [7, 11) is 1.62. The third-order valence-corrected chi connectivity index (χ3v) is 3.68. The summed E-state index contributed by atoms with van der Waals surface area (Å²) in [5.74, 6) is -0.202. The van der Waals surface area contributed by atoms with Crippen molar-refractivity contribution in [3.05, 3.63) is 34.4 Å². The van der Waals surface area contributed by atoms with Crippen LogP contribution in [0.2, 0.25) is 0 Å². The lowest BCUT2D eigenvalue weighted by molar-refractivity contribution is -0.384. The molecule has 120 valence electrons. The van der Waals surface area contributed by atoms with Gasteiger partial charge in [-0.3, -0.25) is 14.9 Å². The monoisotopic (exact) mass is 308 g/mol. The standard InChI is InChI=1S/C15H20N2O5/c1-11(22-10-14-4-3-9-21-14)15(18)16(2)12-5-7-13(8-6-12)17(19)20/h5-8,11,14H,3-4,9-10H2,1-2H3/t11-,14+/m1/s1. The van der Waals surface area contributed by atoms with Crippen molar-refractivity contribution in [3.63, 3.8) is 0 Å². The van der Waals surface area contributed by atoms with Crippen LogP contribution in [0, 0.1) is 10.1 Å². The highest BCUT2D eigenvalue weighted by Crippen LogP contribution is 2.19. The molecule has 1 aliphatic rings. The van der Waals surface area contributed by atoms with Crippen molar-refractivity contribution in [1.29, 1.82) is 0 Å². The molecule has 2 rings (SSSR count). The van der Waals surface area contributed by atoms with Crippen LogP contribution < -0.4 is 4.90 Å². The van der Waals surface area contributed by atoms with Crippen LogP contribution in [0.3, 0.4) is 0 Å². The minimum atomic E-state index is -0.593. The number of hydrogen-bond donors (Lipinski definition) is 0. The fourth-order valence-electron chi connectivity index (χ4n) is 2.30. The summed E-state index contributed by atoms with van der Waals surface area (Å²) in [4.78, 5) is 23.9. The maximum atomic E-state index is 12.3. The highest BCUT2D eigenvalue weighted by atomic mass is 16.6. The number of nitro benzene ring substituents is 1. The number of non-ortho nitro benzene ring substituents is 1. The van der Waals surface area contributed by atoms with E-state index in [1.165, 1.54) is 17.0 Å². The number of nitro groups is 1. The molecule has 1 fully saturated rings. The predicted octanol–water partition coefficient (Wildman–Crippen LogP) is 2.14. The molecule has 2 atom stereocenters. The lowest BCUT2D eigenvalue weighted by atomic mass is 10.2. The molecule has 1 aromatic carbocycles. The Labute approximate surface area is 129 Å². The Morgan fingerprint density at radius 3 is 2.73 bits per heavy atom. The van der Waals surface area contributed by atoms with Gasteiger partial charge in [-0.25, -0.2) is 0 Å². The number of anilines is 1. The quantitative estimate of drug-likeness (QED) is 0.594. The van der Waals surface area contributed by atoms with Crippen LogP contribution in [0.25, 0.3) is 0 Å². The smallest absolute Gasteiger partial charge is 0.269 e. The van der Waals surface area contributed by atoms with Crippen LogP contribution in [-0.2, 0) is 14.3 Å². The normalized spacial score (nSPS) is 18.9. The summed E-state index contributed by atoms with van der Waals surface area (Å²) in [6.45, 7) is 2.85. The molecule has 0 spiro atoms. The molecular formula is C15H20N2O5. The SMILES string of the molecule is C[C@@H](OC[C@@H]1CCCO1)C(=O)N(C)c1ccc([N+](=O)[O-])cc1. The molecule has 0 aromatic heterocycles. The highest BCUT2D eigenvalue weighted by Gasteiger charge is 2.23. The van der Waals surface area contributed by atoms with Crippen molar-refractivity contribution in [2.75, 3.05) is 25.2 Å². The molecule has 1 heterocycles. The van der Waals surface area contributed by atoms with Crippen molar-refractivity contribution in [1.82, 2.24) is 0 Å². The topological polar surface area (TPSA) is 81.9 Å². The van der Waals surface area contributed by atoms with E-state index in [0.29, 0.717) is 12.3 Å². The Balaban J connectivity index is 1.90. The van der Waals surface area contributed by atoms with E-state index in [9.17, 15) is 14.9 Å². The minimum absolute atomic E-state index is 0.00715. The molecule has 7 heteroatoms. The molecule has 0 N–H and O–H groups in total. The maximum Gasteiger partial charge on any atom is 0.269 e. The van der Waals surface area contributed by atoms with Crippen LogP contribution >= 0.6 is 0 Å². The van der Waals surface area contributed by atoms with Gasteiger partial charge in [-0.1, -0.05) is 0 Å². The molecule has 0 radical (unpaired) electrons. The van der Waals surface area contributed by atoms with Crippen LogP contribution in [0.15, 0.2) is 24.3 Å². The molecule has 1 saturated heterocycles. The molecule has 0 bridgehead atoms. The lowest BCUT2D eigenvalue weighted by Crippen LogP contribution is -2.37. The highest BCUT2D eigenvalue weighted by molar-refractivity contribution is 5.95. The van der Waals surface area contributed by atoms with Gasteiger partial charge in [-0.15, -0.1) is 0 Å². The van der Waals surface area contributed by atoms with Gasteiger partial charge in [0.15, 0.2) is 0 Å². The number of hydrogen-bond acceptors (Lipinski definition) is 5. The third-order valence-electron chi connectivity index (χ3n) is 3.68.